The lowest BCUT2D eigenvalue weighted by Crippen LogP contribution is -2.10. The Morgan fingerprint density at radius 2 is 2.04 bits per heavy atom. The molecule has 1 amide bonds. The largest absolute Gasteiger partial charge is 0.507 e. The third-order valence-corrected chi connectivity index (χ3v) is 3.25. The second-order valence-electron chi connectivity index (χ2n) is 5.06. The van der Waals surface area contributed by atoms with Crippen molar-refractivity contribution < 1.29 is 14.3 Å². The van der Waals surface area contributed by atoms with Crippen molar-refractivity contribution >= 4 is 29.2 Å². The Bertz CT molecular complexity index is 886. The lowest BCUT2D eigenvalue weighted by molar-refractivity contribution is 0.0996. The van der Waals surface area contributed by atoms with Crippen molar-refractivity contribution in [1.29, 1.82) is 0 Å². The lowest BCUT2D eigenvalue weighted by atomic mass is 10.2. The molecule has 0 aliphatic rings. The van der Waals surface area contributed by atoms with Crippen LogP contribution >= 0.6 is 0 Å². The minimum absolute atomic E-state index is 0.0928. The average molecular weight is 321 g/mol. The number of anilines is 2. The van der Waals surface area contributed by atoms with Crippen molar-refractivity contribution in [1.82, 2.24) is 0 Å². The second-order valence-corrected chi connectivity index (χ2v) is 5.06. The van der Waals surface area contributed by atoms with Crippen LogP contribution in [0.5, 0.6) is 5.75 Å². The maximum Gasteiger partial charge on any atom is 0.291 e. The number of phenolic OH excluding ortho intramolecular Hbond substituents is 1. The molecule has 0 saturated heterocycles. The summed E-state index contributed by atoms with van der Waals surface area (Å²) in [5.74, 6) is -0.0154. The molecular formula is C18H15N3O3. The number of hydrogen-bond donors (Lipinski definition) is 3. The van der Waals surface area contributed by atoms with Gasteiger partial charge in [-0.1, -0.05) is 6.07 Å². The van der Waals surface area contributed by atoms with Crippen LogP contribution in [0, 0.1) is 0 Å². The highest BCUT2D eigenvalue weighted by Crippen LogP contribution is 2.21. The van der Waals surface area contributed by atoms with Crippen LogP contribution in [0.25, 0.3) is 0 Å². The summed E-state index contributed by atoms with van der Waals surface area (Å²) in [7, 11) is 0. The van der Waals surface area contributed by atoms with Crippen molar-refractivity contribution in [3.63, 3.8) is 0 Å². The van der Waals surface area contributed by atoms with Crippen molar-refractivity contribution in [3.05, 3.63) is 72.2 Å². The van der Waals surface area contributed by atoms with Gasteiger partial charge in [-0.3, -0.25) is 9.79 Å². The number of nitrogen functional groups attached to an aromatic ring is 1. The van der Waals surface area contributed by atoms with Gasteiger partial charge < -0.3 is 20.6 Å². The quantitative estimate of drug-likeness (QED) is 0.388. The molecule has 2 aromatic carbocycles. The van der Waals surface area contributed by atoms with E-state index in [4.69, 9.17) is 10.2 Å². The van der Waals surface area contributed by atoms with Crippen molar-refractivity contribution in [2.24, 2.45) is 4.99 Å². The molecule has 0 aliphatic carbocycles. The molecule has 0 saturated carbocycles. The van der Waals surface area contributed by atoms with Crippen LogP contribution in [0.4, 0.5) is 17.1 Å². The minimum atomic E-state index is -0.338. The third-order valence-electron chi connectivity index (χ3n) is 3.25. The first-order valence-corrected chi connectivity index (χ1v) is 7.19. The van der Waals surface area contributed by atoms with Gasteiger partial charge in [0.05, 0.1) is 12.0 Å². The molecule has 4 N–H and O–H groups in total. The van der Waals surface area contributed by atoms with Crippen LogP contribution in [0.2, 0.25) is 0 Å². The Balaban J connectivity index is 1.77. The van der Waals surface area contributed by atoms with E-state index in [1.165, 1.54) is 18.5 Å². The van der Waals surface area contributed by atoms with Gasteiger partial charge in [0.1, 0.15) is 5.75 Å². The summed E-state index contributed by atoms with van der Waals surface area (Å²) in [6.45, 7) is 0. The fourth-order valence-corrected chi connectivity index (χ4v) is 2.08. The van der Waals surface area contributed by atoms with Gasteiger partial charge in [0.25, 0.3) is 5.91 Å². The molecule has 3 rings (SSSR count). The minimum Gasteiger partial charge on any atom is -0.507 e. The van der Waals surface area contributed by atoms with Crippen LogP contribution in [0.1, 0.15) is 16.1 Å². The fourth-order valence-electron chi connectivity index (χ4n) is 2.08. The van der Waals surface area contributed by atoms with Crippen molar-refractivity contribution in [2.45, 2.75) is 0 Å². The summed E-state index contributed by atoms with van der Waals surface area (Å²) in [4.78, 5) is 16.3. The van der Waals surface area contributed by atoms with E-state index < -0.39 is 0 Å². The smallest absolute Gasteiger partial charge is 0.291 e. The van der Waals surface area contributed by atoms with Crippen LogP contribution in [-0.4, -0.2) is 17.2 Å². The van der Waals surface area contributed by atoms with Crippen molar-refractivity contribution in [2.75, 3.05) is 11.1 Å². The van der Waals surface area contributed by atoms with Gasteiger partial charge in [-0.15, -0.1) is 0 Å². The van der Waals surface area contributed by atoms with E-state index in [1.54, 1.807) is 48.5 Å². The van der Waals surface area contributed by atoms with Crippen LogP contribution < -0.4 is 11.1 Å². The molecule has 0 radical (unpaired) electrons. The summed E-state index contributed by atoms with van der Waals surface area (Å²) in [6, 6.07) is 15.0. The first kappa shape index (κ1) is 15.4. The highest BCUT2D eigenvalue weighted by atomic mass is 16.3. The second kappa shape index (κ2) is 6.70. The van der Waals surface area contributed by atoms with Crippen LogP contribution in [0.15, 0.2) is 70.3 Å². The first-order chi connectivity index (χ1) is 11.6. The molecule has 3 aromatic rings. The molecular weight excluding hydrogens is 306 g/mol. The predicted octanol–water partition coefficient (Wildman–Crippen LogP) is 3.57. The predicted molar refractivity (Wildman–Crippen MR) is 92.9 cm³/mol. The van der Waals surface area contributed by atoms with Crippen LogP contribution in [0.3, 0.4) is 0 Å². The van der Waals surface area contributed by atoms with E-state index in [2.05, 4.69) is 10.3 Å². The number of rotatable bonds is 4. The number of phenols is 1. The molecule has 0 fully saturated rings. The Morgan fingerprint density at radius 1 is 1.17 bits per heavy atom. The maximum atomic E-state index is 12.0. The van der Waals surface area contributed by atoms with E-state index >= 15 is 0 Å². The molecule has 0 unspecified atom stereocenters. The summed E-state index contributed by atoms with van der Waals surface area (Å²) >= 11 is 0. The zero-order valence-corrected chi connectivity index (χ0v) is 12.6. The first-order valence-electron chi connectivity index (χ1n) is 7.19. The molecule has 0 spiro atoms. The van der Waals surface area contributed by atoms with Gasteiger partial charge in [-0.05, 0) is 48.5 Å². The molecule has 1 aromatic heterocycles. The molecule has 6 heteroatoms. The van der Waals surface area contributed by atoms with Gasteiger partial charge in [0.2, 0.25) is 0 Å². The van der Waals surface area contributed by atoms with Crippen LogP contribution in [-0.2, 0) is 0 Å². The number of amides is 1. The molecule has 0 aliphatic heterocycles. The fraction of sp³-hybridized carbons (Fsp3) is 0. The number of carbonyl (C=O) groups excluding carboxylic acids is 1. The maximum absolute atomic E-state index is 12.0. The standard InChI is InChI=1S/C18H15N3O3/c19-13-6-7-16(22)12(9-13)11-20-14-3-1-4-15(10-14)21-18(23)17-5-2-8-24-17/h1-11,22H,19H2,(H,21,23). The molecule has 120 valence electrons. The Hall–Kier alpha value is -3.54. The summed E-state index contributed by atoms with van der Waals surface area (Å²) in [6.07, 6.45) is 2.95. The van der Waals surface area contributed by atoms with E-state index in [9.17, 15) is 9.90 Å². The number of nitrogens with two attached hydrogens (primary N) is 1. The lowest BCUT2D eigenvalue weighted by Gasteiger charge is -2.04. The highest BCUT2D eigenvalue weighted by molar-refractivity contribution is 6.02. The molecule has 24 heavy (non-hydrogen) atoms. The number of aliphatic imine (C=N–C) groups is 1. The van der Waals surface area contributed by atoms with Gasteiger partial charge >= 0.3 is 0 Å². The number of furan rings is 1. The number of nitrogens with zero attached hydrogens (tertiary/aromatic N) is 1. The van der Waals surface area contributed by atoms with Gasteiger partial charge in [-0.2, -0.15) is 0 Å². The number of carbonyl (C=O) groups is 1. The zero-order valence-electron chi connectivity index (χ0n) is 12.6. The number of hydrogen-bond acceptors (Lipinski definition) is 5. The summed E-state index contributed by atoms with van der Waals surface area (Å²) in [5.41, 5.74) is 7.95. The third kappa shape index (κ3) is 3.61. The number of aromatic hydroxyl groups is 1. The topological polar surface area (TPSA) is 101 Å². The van der Waals surface area contributed by atoms with E-state index in [1.807, 2.05) is 0 Å². The Morgan fingerprint density at radius 3 is 2.83 bits per heavy atom. The van der Waals surface area contributed by atoms with Crippen molar-refractivity contribution in [3.8, 4) is 5.75 Å². The molecule has 0 atom stereocenters. The number of benzene rings is 2. The van der Waals surface area contributed by atoms with E-state index in [-0.39, 0.29) is 17.4 Å². The Labute approximate surface area is 138 Å². The molecule has 0 bridgehead atoms. The molecule has 6 nitrogen and oxygen atoms in total. The zero-order chi connectivity index (χ0) is 16.9. The summed E-state index contributed by atoms with van der Waals surface area (Å²) in [5, 5.41) is 12.5. The Kier molecular flexibility index (Phi) is 4.29. The normalized spacial score (nSPS) is 10.8. The van der Waals surface area contributed by atoms with Gasteiger partial charge in [0, 0.05) is 23.2 Å². The highest BCUT2D eigenvalue weighted by Gasteiger charge is 2.08. The SMILES string of the molecule is Nc1ccc(O)c(C=Nc2cccc(NC(=O)c3ccco3)c2)c1. The summed E-state index contributed by atoms with van der Waals surface area (Å²) < 4.78 is 5.05. The van der Waals surface area contributed by atoms with E-state index in [0.717, 1.165) is 0 Å². The monoisotopic (exact) mass is 321 g/mol. The van der Waals surface area contributed by atoms with Gasteiger partial charge in [-0.25, -0.2) is 0 Å². The average Bonchev–Trinajstić information content (AvgIpc) is 3.11. The van der Waals surface area contributed by atoms with Gasteiger partial charge in [0.15, 0.2) is 5.76 Å². The van der Waals surface area contributed by atoms with E-state index in [0.29, 0.717) is 22.6 Å². The molecule has 1 heterocycles. The number of nitrogens with one attached hydrogen (secondary N) is 1.